The molecule has 3 heteroatoms. The Kier molecular flexibility index (Phi) is 3.09. The molecule has 2 unspecified atom stereocenters. The number of hydrogen-bond donors (Lipinski definition) is 0. The van der Waals surface area contributed by atoms with E-state index in [4.69, 9.17) is 5.26 Å². The van der Waals surface area contributed by atoms with Crippen LogP contribution in [-0.4, -0.2) is 12.3 Å². The van der Waals surface area contributed by atoms with Gasteiger partial charge >= 0.3 is 0 Å². The maximum atomic E-state index is 11.9. The summed E-state index contributed by atoms with van der Waals surface area (Å²) in [6, 6.07) is 1.17. The largest absolute Gasteiger partial charge is 0.243 e. The van der Waals surface area contributed by atoms with Crippen molar-refractivity contribution in [2.24, 2.45) is 0 Å². The molecular weight excluding hydrogens is 112 g/mol. The molecule has 0 saturated heterocycles. The molecule has 0 saturated carbocycles. The van der Waals surface area contributed by atoms with Crippen LogP contribution >= 0.6 is 0 Å². The Labute approximate surface area is 46.9 Å². The SMILES string of the molecule is CCC(F)C(F)C#N. The first kappa shape index (κ1) is 7.35. The van der Waals surface area contributed by atoms with Crippen LogP contribution in [0, 0.1) is 11.3 Å². The summed E-state index contributed by atoms with van der Waals surface area (Å²) in [5.74, 6) is 0. The Morgan fingerprint density at radius 3 is 2.25 bits per heavy atom. The van der Waals surface area contributed by atoms with Crippen LogP contribution in [0.5, 0.6) is 0 Å². The average Bonchev–Trinajstić information content (AvgIpc) is 1.84. The van der Waals surface area contributed by atoms with Crippen molar-refractivity contribution >= 4 is 0 Å². The Morgan fingerprint density at radius 2 is 2.12 bits per heavy atom. The zero-order valence-electron chi connectivity index (χ0n) is 4.56. The highest BCUT2D eigenvalue weighted by Gasteiger charge is 2.16. The van der Waals surface area contributed by atoms with Crippen LogP contribution < -0.4 is 0 Å². The molecule has 46 valence electrons. The highest BCUT2D eigenvalue weighted by atomic mass is 19.2. The molecular formula is C5H7F2N. The topological polar surface area (TPSA) is 23.8 Å². The van der Waals surface area contributed by atoms with Gasteiger partial charge in [0.25, 0.3) is 0 Å². The van der Waals surface area contributed by atoms with Gasteiger partial charge in [0.1, 0.15) is 12.2 Å². The van der Waals surface area contributed by atoms with Crippen molar-refractivity contribution in [2.75, 3.05) is 0 Å². The summed E-state index contributed by atoms with van der Waals surface area (Å²) in [7, 11) is 0. The minimum atomic E-state index is -1.94. The van der Waals surface area contributed by atoms with E-state index in [1.807, 2.05) is 0 Å². The van der Waals surface area contributed by atoms with Crippen LogP contribution in [0.2, 0.25) is 0 Å². The van der Waals surface area contributed by atoms with E-state index < -0.39 is 12.3 Å². The summed E-state index contributed by atoms with van der Waals surface area (Å²) in [6.07, 6.45) is -3.49. The molecule has 0 aromatic heterocycles. The minimum absolute atomic E-state index is 0.0642. The first-order chi connectivity index (χ1) is 3.72. The Balaban J connectivity index is 3.49. The smallest absolute Gasteiger partial charge is 0.217 e. The lowest BCUT2D eigenvalue weighted by Crippen LogP contribution is -2.12. The highest BCUT2D eigenvalue weighted by Crippen LogP contribution is 2.05. The lowest BCUT2D eigenvalue weighted by Gasteiger charge is -2.00. The highest BCUT2D eigenvalue weighted by molar-refractivity contribution is 4.87. The molecule has 0 fully saturated rings. The van der Waals surface area contributed by atoms with E-state index in [2.05, 4.69) is 0 Å². The minimum Gasteiger partial charge on any atom is -0.243 e. The zero-order chi connectivity index (χ0) is 6.57. The van der Waals surface area contributed by atoms with Crippen molar-refractivity contribution in [2.45, 2.75) is 25.7 Å². The molecule has 0 amide bonds. The van der Waals surface area contributed by atoms with Gasteiger partial charge in [0.2, 0.25) is 6.17 Å². The molecule has 0 aromatic carbocycles. The molecule has 2 atom stereocenters. The third-order valence-corrected chi connectivity index (χ3v) is 0.831. The normalized spacial score (nSPS) is 16.8. The first-order valence-corrected chi connectivity index (χ1v) is 2.40. The summed E-state index contributed by atoms with van der Waals surface area (Å²) in [4.78, 5) is 0. The second-order valence-electron chi connectivity index (χ2n) is 1.46. The van der Waals surface area contributed by atoms with Gasteiger partial charge in [0.15, 0.2) is 0 Å². The molecule has 1 nitrogen and oxygen atoms in total. The molecule has 0 aliphatic carbocycles. The average molecular weight is 119 g/mol. The van der Waals surface area contributed by atoms with Crippen LogP contribution in [0.1, 0.15) is 13.3 Å². The molecule has 0 N–H and O–H groups in total. The lowest BCUT2D eigenvalue weighted by atomic mass is 10.2. The van der Waals surface area contributed by atoms with E-state index in [0.717, 1.165) is 0 Å². The number of nitriles is 1. The van der Waals surface area contributed by atoms with Gasteiger partial charge in [0, 0.05) is 0 Å². The maximum absolute atomic E-state index is 11.9. The third-order valence-electron chi connectivity index (χ3n) is 0.831. The number of halogens is 2. The molecule has 0 radical (unpaired) electrons. The van der Waals surface area contributed by atoms with Gasteiger partial charge in [-0.3, -0.25) is 0 Å². The summed E-state index contributed by atoms with van der Waals surface area (Å²) in [5, 5.41) is 7.77. The van der Waals surface area contributed by atoms with Gasteiger partial charge < -0.3 is 0 Å². The second-order valence-corrected chi connectivity index (χ2v) is 1.46. The quantitative estimate of drug-likeness (QED) is 0.541. The van der Waals surface area contributed by atoms with Crippen LogP contribution in [-0.2, 0) is 0 Å². The Morgan fingerprint density at radius 1 is 1.62 bits per heavy atom. The van der Waals surface area contributed by atoms with Crippen molar-refractivity contribution in [3.8, 4) is 6.07 Å². The van der Waals surface area contributed by atoms with E-state index in [9.17, 15) is 8.78 Å². The van der Waals surface area contributed by atoms with Crippen molar-refractivity contribution in [3.63, 3.8) is 0 Å². The van der Waals surface area contributed by atoms with E-state index in [0.29, 0.717) is 0 Å². The zero-order valence-corrected chi connectivity index (χ0v) is 4.56. The molecule has 0 aliphatic heterocycles. The van der Waals surface area contributed by atoms with Crippen molar-refractivity contribution < 1.29 is 8.78 Å². The molecule has 0 aromatic rings. The Hall–Kier alpha value is -0.650. The van der Waals surface area contributed by atoms with Gasteiger partial charge in [-0.1, -0.05) is 6.92 Å². The van der Waals surface area contributed by atoms with Crippen LogP contribution in [0.4, 0.5) is 8.78 Å². The standard InChI is InChI=1S/C5H7F2N/c1-2-4(6)5(7)3-8/h4-5H,2H2,1H3. The van der Waals surface area contributed by atoms with E-state index >= 15 is 0 Å². The van der Waals surface area contributed by atoms with Crippen molar-refractivity contribution in [1.29, 1.82) is 5.26 Å². The van der Waals surface area contributed by atoms with Gasteiger partial charge in [-0.2, -0.15) is 5.26 Å². The molecule has 0 rings (SSSR count). The van der Waals surface area contributed by atoms with Gasteiger partial charge in [-0.05, 0) is 6.42 Å². The number of alkyl halides is 2. The van der Waals surface area contributed by atoms with E-state index in [-0.39, 0.29) is 6.42 Å². The summed E-state index contributed by atoms with van der Waals surface area (Å²) >= 11 is 0. The Bertz CT molecular complexity index is 97.1. The van der Waals surface area contributed by atoms with Gasteiger partial charge in [-0.25, -0.2) is 8.78 Å². The summed E-state index contributed by atoms with van der Waals surface area (Å²) < 4.78 is 23.7. The molecule has 0 heterocycles. The van der Waals surface area contributed by atoms with E-state index in [1.165, 1.54) is 13.0 Å². The van der Waals surface area contributed by atoms with Crippen molar-refractivity contribution in [3.05, 3.63) is 0 Å². The predicted molar refractivity (Wildman–Crippen MR) is 25.7 cm³/mol. The fourth-order valence-electron chi connectivity index (χ4n) is 0.288. The fourth-order valence-corrected chi connectivity index (χ4v) is 0.288. The molecule has 8 heavy (non-hydrogen) atoms. The predicted octanol–water partition coefficient (Wildman–Crippen LogP) is 1.60. The summed E-state index contributed by atoms with van der Waals surface area (Å²) in [6.45, 7) is 1.49. The third kappa shape index (κ3) is 1.87. The molecule has 0 bridgehead atoms. The molecule has 0 aliphatic rings. The fraction of sp³-hybridized carbons (Fsp3) is 0.800. The molecule has 0 spiro atoms. The number of rotatable bonds is 2. The number of nitrogens with zero attached hydrogens (tertiary/aromatic N) is 1. The van der Waals surface area contributed by atoms with Gasteiger partial charge in [-0.15, -0.1) is 0 Å². The van der Waals surface area contributed by atoms with Crippen LogP contribution in [0.3, 0.4) is 0 Å². The first-order valence-electron chi connectivity index (χ1n) is 2.40. The number of hydrogen-bond acceptors (Lipinski definition) is 1. The van der Waals surface area contributed by atoms with E-state index in [1.54, 1.807) is 0 Å². The maximum Gasteiger partial charge on any atom is 0.217 e. The lowest BCUT2D eigenvalue weighted by molar-refractivity contribution is 0.205. The monoisotopic (exact) mass is 119 g/mol. The van der Waals surface area contributed by atoms with Crippen molar-refractivity contribution in [1.82, 2.24) is 0 Å². The van der Waals surface area contributed by atoms with Gasteiger partial charge in [0.05, 0.1) is 0 Å². The van der Waals surface area contributed by atoms with Crippen LogP contribution in [0.25, 0.3) is 0 Å². The second kappa shape index (κ2) is 3.36. The van der Waals surface area contributed by atoms with Crippen LogP contribution in [0.15, 0.2) is 0 Å². The summed E-state index contributed by atoms with van der Waals surface area (Å²) in [5.41, 5.74) is 0.